The number of fused-ring (bicyclic) bond motifs is 1. The van der Waals surface area contributed by atoms with E-state index < -0.39 is 11.5 Å². The van der Waals surface area contributed by atoms with Gasteiger partial charge in [-0.25, -0.2) is 4.98 Å². The molecule has 0 saturated heterocycles. The van der Waals surface area contributed by atoms with Crippen LogP contribution >= 0.6 is 11.6 Å². The van der Waals surface area contributed by atoms with E-state index in [-0.39, 0.29) is 5.56 Å². The lowest BCUT2D eigenvalue weighted by Gasteiger charge is -2.15. The summed E-state index contributed by atoms with van der Waals surface area (Å²) >= 11 is 6.09. The third kappa shape index (κ3) is 2.57. The number of aromatic nitrogens is 2. The Hall–Kier alpha value is -2.66. The molecule has 0 radical (unpaired) electrons. The van der Waals surface area contributed by atoms with Crippen molar-refractivity contribution in [3.05, 3.63) is 63.0 Å². The molecular formula is C18H16ClN3O2. The number of hydrogen-bond donors (Lipinski definition) is 1. The zero-order valence-corrected chi connectivity index (χ0v) is 14.1. The van der Waals surface area contributed by atoms with Gasteiger partial charge in [0, 0.05) is 28.2 Å². The minimum atomic E-state index is -0.764. The summed E-state index contributed by atoms with van der Waals surface area (Å²) in [5, 5.41) is 1.20. The van der Waals surface area contributed by atoms with Gasteiger partial charge in [0.05, 0.1) is 0 Å². The molecule has 0 spiro atoms. The molecule has 0 unspecified atom stereocenters. The predicted octanol–water partition coefficient (Wildman–Crippen LogP) is 3.14. The highest BCUT2D eigenvalue weighted by Gasteiger charge is 2.22. The first kappa shape index (κ1) is 16.2. The molecule has 0 aliphatic heterocycles. The Bertz CT molecular complexity index is 1020. The molecule has 0 fully saturated rings. The number of carbonyl (C=O) groups is 1. The van der Waals surface area contributed by atoms with E-state index in [1.807, 2.05) is 26.0 Å². The van der Waals surface area contributed by atoms with E-state index in [1.54, 1.807) is 24.3 Å². The molecular weight excluding hydrogens is 326 g/mol. The molecule has 2 heterocycles. The smallest absolute Gasteiger partial charge is 0.265 e. The SMILES string of the molecule is CCn1c(=O)c(C(N)=O)c(-c2cccc(Cl)c2)c2ccc(C)nc21. The Kier molecular flexibility index (Phi) is 4.11. The van der Waals surface area contributed by atoms with Crippen molar-refractivity contribution in [3.63, 3.8) is 0 Å². The highest BCUT2D eigenvalue weighted by atomic mass is 35.5. The minimum Gasteiger partial charge on any atom is -0.365 e. The summed E-state index contributed by atoms with van der Waals surface area (Å²) in [7, 11) is 0. The number of pyridine rings is 2. The largest absolute Gasteiger partial charge is 0.365 e. The molecule has 0 saturated carbocycles. The molecule has 24 heavy (non-hydrogen) atoms. The normalized spacial score (nSPS) is 11.0. The van der Waals surface area contributed by atoms with Gasteiger partial charge in [0.15, 0.2) is 0 Å². The van der Waals surface area contributed by atoms with Gasteiger partial charge in [-0.1, -0.05) is 23.7 Å². The molecule has 0 atom stereocenters. The van der Waals surface area contributed by atoms with Crippen molar-refractivity contribution in [1.82, 2.24) is 9.55 Å². The predicted molar refractivity (Wildman–Crippen MR) is 95.4 cm³/mol. The van der Waals surface area contributed by atoms with Crippen LogP contribution in [0.1, 0.15) is 23.0 Å². The summed E-state index contributed by atoms with van der Waals surface area (Å²) < 4.78 is 1.47. The second kappa shape index (κ2) is 6.09. The van der Waals surface area contributed by atoms with Crippen molar-refractivity contribution in [2.75, 3.05) is 0 Å². The number of hydrogen-bond acceptors (Lipinski definition) is 3. The Balaban J connectivity index is 2.58. The van der Waals surface area contributed by atoms with Crippen molar-refractivity contribution in [2.45, 2.75) is 20.4 Å². The van der Waals surface area contributed by atoms with Crippen molar-refractivity contribution in [3.8, 4) is 11.1 Å². The van der Waals surface area contributed by atoms with Crippen LogP contribution in [0.15, 0.2) is 41.2 Å². The molecule has 3 rings (SSSR count). The van der Waals surface area contributed by atoms with E-state index in [1.165, 1.54) is 4.57 Å². The zero-order chi connectivity index (χ0) is 17.4. The number of nitrogens with two attached hydrogens (primary N) is 1. The first-order valence-electron chi connectivity index (χ1n) is 7.54. The Morgan fingerprint density at radius 3 is 2.67 bits per heavy atom. The van der Waals surface area contributed by atoms with Gasteiger partial charge < -0.3 is 5.73 Å². The zero-order valence-electron chi connectivity index (χ0n) is 13.3. The fraction of sp³-hybridized carbons (Fsp3) is 0.167. The maximum atomic E-state index is 12.8. The number of carbonyl (C=O) groups excluding carboxylic acids is 1. The van der Waals surface area contributed by atoms with E-state index in [9.17, 15) is 9.59 Å². The molecule has 0 bridgehead atoms. The van der Waals surface area contributed by atoms with Crippen LogP contribution < -0.4 is 11.3 Å². The second-order valence-corrected chi connectivity index (χ2v) is 5.93. The van der Waals surface area contributed by atoms with Crippen LogP contribution in [0.2, 0.25) is 5.02 Å². The second-order valence-electron chi connectivity index (χ2n) is 5.50. The third-order valence-electron chi connectivity index (χ3n) is 3.92. The Morgan fingerprint density at radius 1 is 1.29 bits per heavy atom. The fourth-order valence-corrected chi connectivity index (χ4v) is 3.07. The maximum absolute atomic E-state index is 12.8. The van der Waals surface area contributed by atoms with Gasteiger partial charge in [0.2, 0.25) is 0 Å². The lowest BCUT2D eigenvalue weighted by atomic mass is 9.96. The van der Waals surface area contributed by atoms with Crippen LogP contribution in [0.3, 0.4) is 0 Å². The van der Waals surface area contributed by atoms with Crippen molar-refractivity contribution in [2.24, 2.45) is 5.73 Å². The summed E-state index contributed by atoms with van der Waals surface area (Å²) in [6.07, 6.45) is 0. The molecule has 3 aromatic rings. The van der Waals surface area contributed by atoms with E-state index in [4.69, 9.17) is 17.3 Å². The van der Waals surface area contributed by atoms with Crippen LogP contribution in [0.25, 0.3) is 22.2 Å². The van der Waals surface area contributed by atoms with Crippen molar-refractivity contribution in [1.29, 1.82) is 0 Å². The number of amides is 1. The summed E-state index contributed by atoms with van der Waals surface area (Å²) in [5.74, 6) is -0.764. The van der Waals surface area contributed by atoms with Gasteiger partial charge in [-0.2, -0.15) is 0 Å². The van der Waals surface area contributed by atoms with Crippen LogP contribution in [-0.2, 0) is 6.54 Å². The van der Waals surface area contributed by atoms with Crippen LogP contribution in [0.4, 0.5) is 0 Å². The number of nitrogens with zero attached hydrogens (tertiary/aromatic N) is 2. The summed E-state index contributed by atoms with van der Waals surface area (Å²) in [4.78, 5) is 29.4. The van der Waals surface area contributed by atoms with E-state index >= 15 is 0 Å². The van der Waals surface area contributed by atoms with E-state index in [0.717, 1.165) is 5.69 Å². The number of rotatable bonds is 3. The summed E-state index contributed by atoms with van der Waals surface area (Å²) in [6, 6.07) is 10.7. The molecule has 6 heteroatoms. The fourth-order valence-electron chi connectivity index (χ4n) is 2.88. The minimum absolute atomic E-state index is 0.0442. The molecule has 1 aromatic carbocycles. The molecule has 2 aromatic heterocycles. The monoisotopic (exact) mass is 341 g/mol. The number of primary amides is 1. The van der Waals surface area contributed by atoms with Crippen molar-refractivity contribution < 1.29 is 4.79 Å². The van der Waals surface area contributed by atoms with Gasteiger partial charge in [-0.3, -0.25) is 14.2 Å². The average Bonchev–Trinajstić information content (AvgIpc) is 2.53. The van der Waals surface area contributed by atoms with Crippen LogP contribution in [0.5, 0.6) is 0 Å². The number of benzene rings is 1. The molecule has 1 amide bonds. The first-order valence-corrected chi connectivity index (χ1v) is 7.91. The maximum Gasteiger partial charge on any atom is 0.265 e. The number of halogens is 1. The van der Waals surface area contributed by atoms with E-state index in [0.29, 0.717) is 33.7 Å². The summed E-state index contributed by atoms with van der Waals surface area (Å²) in [6.45, 7) is 4.07. The number of aryl methyl sites for hydroxylation is 2. The molecule has 0 aliphatic carbocycles. The van der Waals surface area contributed by atoms with E-state index in [2.05, 4.69) is 4.98 Å². The van der Waals surface area contributed by atoms with Gasteiger partial charge in [0.25, 0.3) is 11.5 Å². The quantitative estimate of drug-likeness (QED) is 0.794. The average molecular weight is 342 g/mol. The lowest BCUT2D eigenvalue weighted by Crippen LogP contribution is -2.31. The van der Waals surface area contributed by atoms with Gasteiger partial charge >= 0.3 is 0 Å². The Morgan fingerprint density at radius 2 is 2.04 bits per heavy atom. The topological polar surface area (TPSA) is 78.0 Å². The van der Waals surface area contributed by atoms with Crippen LogP contribution in [-0.4, -0.2) is 15.5 Å². The first-order chi connectivity index (χ1) is 11.4. The Labute approximate surface area is 143 Å². The lowest BCUT2D eigenvalue weighted by molar-refractivity contribution is 0.0999. The summed E-state index contributed by atoms with van der Waals surface area (Å²) in [5.41, 5.74) is 7.50. The van der Waals surface area contributed by atoms with Crippen molar-refractivity contribution >= 4 is 28.5 Å². The van der Waals surface area contributed by atoms with Crippen LogP contribution in [0, 0.1) is 6.92 Å². The third-order valence-corrected chi connectivity index (χ3v) is 4.16. The van der Waals surface area contributed by atoms with Gasteiger partial charge in [-0.15, -0.1) is 0 Å². The highest BCUT2D eigenvalue weighted by molar-refractivity contribution is 6.31. The molecule has 0 aliphatic rings. The van der Waals surface area contributed by atoms with Gasteiger partial charge in [-0.05, 0) is 43.7 Å². The standard InChI is InChI=1S/C18H16ClN3O2/c1-3-22-17-13(8-7-10(2)21-17)14(15(16(20)23)18(22)24)11-5-4-6-12(19)9-11/h4-9H,3H2,1-2H3,(H2,20,23). The molecule has 122 valence electrons. The molecule has 2 N–H and O–H groups in total. The highest BCUT2D eigenvalue weighted by Crippen LogP contribution is 2.31. The molecule has 5 nitrogen and oxygen atoms in total. The van der Waals surface area contributed by atoms with Gasteiger partial charge in [0.1, 0.15) is 11.2 Å².